The average Bonchev–Trinajstić information content (AvgIpc) is 2.25. The molecule has 0 spiro atoms. The summed E-state index contributed by atoms with van der Waals surface area (Å²) in [4.78, 5) is 14.2. The van der Waals surface area contributed by atoms with Gasteiger partial charge in [-0.15, -0.1) is 0 Å². The third-order valence-corrected chi connectivity index (χ3v) is 2.38. The summed E-state index contributed by atoms with van der Waals surface area (Å²) in [6, 6.07) is 1.61. The predicted molar refractivity (Wildman–Crippen MR) is 60.6 cm³/mol. The molecular weight excluding hydrogens is 208 g/mol. The zero-order chi connectivity index (χ0) is 12.1. The number of nitro groups is 1. The molecule has 0 fully saturated rings. The number of pyridine rings is 1. The van der Waals surface area contributed by atoms with Crippen LogP contribution in [-0.4, -0.2) is 16.0 Å². The zero-order valence-electron chi connectivity index (χ0n) is 9.77. The van der Waals surface area contributed by atoms with Crippen LogP contribution in [0.15, 0.2) is 12.3 Å². The summed E-state index contributed by atoms with van der Waals surface area (Å²) in [6.07, 6.45) is 2.91. The Kier molecular flexibility index (Phi) is 4.22. The van der Waals surface area contributed by atoms with Crippen LogP contribution in [0.5, 0.6) is 5.75 Å². The number of aryl methyl sites for hydroxylation is 1. The molecule has 0 N–H and O–H groups in total. The van der Waals surface area contributed by atoms with Gasteiger partial charge in [0.1, 0.15) is 6.20 Å². The maximum atomic E-state index is 10.8. The van der Waals surface area contributed by atoms with Crippen LogP contribution >= 0.6 is 0 Å². The van der Waals surface area contributed by atoms with Gasteiger partial charge in [0.15, 0.2) is 0 Å². The summed E-state index contributed by atoms with van der Waals surface area (Å²) >= 11 is 0. The van der Waals surface area contributed by atoms with Gasteiger partial charge in [0.05, 0.1) is 11.0 Å². The lowest BCUT2D eigenvalue weighted by molar-refractivity contribution is -0.386. The maximum absolute atomic E-state index is 10.8. The molecule has 0 bridgehead atoms. The summed E-state index contributed by atoms with van der Waals surface area (Å²) < 4.78 is 5.60. The second kappa shape index (κ2) is 5.44. The van der Waals surface area contributed by atoms with Crippen molar-refractivity contribution in [2.75, 3.05) is 0 Å². The molecule has 0 aliphatic rings. The van der Waals surface area contributed by atoms with E-state index in [-0.39, 0.29) is 11.8 Å². The van der Waals surface area contributed by atoms with Crippen LogP contribution in [0.1, 0.15) is 32.4 Å². The molecule has 0 aromatic carbocycles. The van der Waals surface area contributed by atoms with Crippen molar-refractivity contribution in [1.29, 1.82) is 0 Å². The number of hydrogen-bond acceptors (Lipinski definition) is 4. The van der Waals surface area contributed by atoms with Crippen LogP contribution in [0.25, 0.3) is 0 Å². The first-order valence-electron chi connectivity index (χ1n) is 5.36. The lowest BCUT2D eigenvalue weighted by Gasteiger charge is -2.15. The van der Waals surface area contributed by atoms with Gasteiger partial charge >= 0.3 is 5.69 Å². The molecule has 1 rings (SSSR count). The van der Waals surface area contributed by atoms with Gasteiger partial charge in [-0.1, -0.05) is 13.8 Å². The van der Waals surface area contributed by atoms with Crippen molar-refractivity contribution >= 4 is 5.69 Å². The van der Waals surface area contributed by atoms with E-state index >= 15 is 0 Å². The predicted octanol–water partition coefficient (Wildman–Crippen LogP) is 2.87. The van der Waals surface area contributed by atoms with E-state index in [0.29, 0.717) is 11.4 Å². The van der Waals surface area contributed by atoms with Crippen LogP contribution < -0.4 is 4.74 Å². The monoisotopic (exact) mass is 224 g/mol. The van der Waals surface area contributed by atoms with Crippen molar-refractivity contribution in [3.8, 4) is 5.75 Å². The summed E-state index contributed by atoms with van der Waals surface area (Å²) in [5.74, 6) is 0.311. The Morgan fingerprint density at radius 3 is 2.62 bits per heavy atom. The normalized spacial score (nSPS) is 10.5. The van der Waals surface area contributed by atoms with Gasteiger partial charge in [0.25, 0.3) is 0 Å². The van der Waals surface area contributed by atoms with E-state index in [4.69, 9.17) is 4.74 Å². The first kappa shape index (κ1) is 12.4. The molecule has 0 atom stereocenters. The van der Waals surface area contributed by atoms with Gasteiger partial charge in [0.2, 0.25) is 5.75 Å². The van der Waals surface area contributed by atoms with Crippen molar-refractivity contribution < 1.29 is 9.66 Å². The Hall–Kier alpha value is -1.65. The van der Waals surface area contributed by atoms with E-state index in [9.17, 15) is 10.1 Å². The van der Waals surface area contributed by atoms with Crippen molar-refractivity contribution in [2.45, 2.75) is 39.7 Å². The Bertz CT molecular complexity index is 375. The number of aromatic nitrogens is 1. The second-order valence-electron chi connectivity index (χ2n) is 3.61. The maximum Gasteiger partial charge on any atom is 0.329 e. The lowest BCUT2D eigenvalue weighted by atomic mass is 10.2. The van der Waals surface area contributed by atoms with E-state index < -0.39 is 4.92 Å². The summed E-state index contributed by atoms with van der Waals surface area (Å²) in [5, 5.41) is 10.8. The standard InChI is InChI=1S/C11H16N2O3/c1-4-9(5-2)16-11-6-8(3)12-7-10(11)13(14)15/h6-7,9H,4-5H2,1-3H3. The van der Waals surface area contributed by atoms with Crippen molar-refractivity contribution in [3.05, 3.63) is 28.1 Å². The number of ether oxygens (including phenoxy) is 1. The largest absolute Gasteiger partial charge is 0.483 e. The van der Waals surface area contributed by atoms with E-state index in [0.717, 1.165) is 12.8 Å². The summed E-state index contributed by atoms with van der Waals surface area (Å²) in [7, 11) is 0. The van der Waals surface area contributed by atoms with Crippen molar-refractivity contribution in [2.24, 2.45) is 0 Å². The van der Waals surface area contributed by atoms with E-state index in [2.05, 4.69) is 4.98 Å². The molecule has 0 aliphatic carbocycles. The quantitative estimate of drug-likeness (QED) is 0.569. The fourth-order valence-electron chi connectivity index (χ4n) is 1.39. The highest BCUT2D eigenvalue weighted by molar-refractivity contribution is 5.44. The molecule has 1 aromatic rings. The first-order chi connectivity index (χ1) is 7.58. The summed E-state index contributed by atoms with van der Waals surface area (Å²) in [5.41, 5.74) is 0.643. The lowest BCUT2D eigenvalue weighted by Crippen LogP contribution is -2.14. The van der Waals surface area contributed by atoms with Gasteiger partial charge in [-0.3, -0.25) is 15.1 Å². The second-order valence-corrected chi connectivity index (χ2v) is 3.61. The number of nitrogens with zero attached hydrogens (tertiary/aromatic N) is 2. The topological polar surface area (TPSA) is 65.3 Å². The minimum atomic E-state index is -0.468. The Morgan fingerprint density at radius 2 is 2.12 bits per heavy atom. The molecule has 16 heavy (non-hydrogen) atoms. The fraction of sp³-hybridized carbons (Fsp3) is 0.545. The third-order valence-electron chi connectivity index (χ3n) is 2.38. The van der Waals surface area contributed by atoms with Crippen LogP contribution in [-0.2, 0) is 0 Å². The minimum Gasteiger partial charge on any atom is -0.483 e. The van der Waals surface area contributed by atoms with Crippen molar-refractivity contribution in [1.82, 2.24) is 4.98 Å². The molecule has 0 unspecified atom stereocenters. The molecule has 0 radical (unpaired) electrons. The van der Waals surface area contributed by atoms with Gasteiger partial charge in [-0.25, -0.2) is 0 Å². The first-order valence-corrected chi connectivity index (χ1v) is 5.36. The average molecular weight is 224 g/mol. The molecular formula is C11H16N2O3. The SMILES string of the molecule is CCC(CC)Oc1cc(C)ncc1[N+](=O)[O-]. The van der Waals surface area contributed by atoms with Gasteiger partial charge in [-0.05, 0) is 19.8 Å². The van der Waals surface area contributed by atoms with Crippen LogP contribution in [0.2, 0.25) is 0 Å². The minimum absolute atomic E-state index is 0.0144. The van der Waals surface area contributed by atoms with Gasteiger partial charge < -0.3 is 4.74 Å². The van der Waals surface area contributed by atoms with Crippen LogP contribution in [0.4, 0.5) is 5.69 Å². The van der Waals surface area contributed by atoms with Crippen molar-refractivity contribution in [3.63, 3.8) is 0 Å². The molecule has 0 aliphatic heterocycles. The fourth-order valence-corrected chi connectivity index (χ4v) is 1.39. The third kappa shape index (κ3) is 2.92. The van der Waals surface area contributed by atoms with Gasteiger partial charge in [-0.2, -0.15) is 0 Å². The Morgan fingerprint density at radius 1 is 1.50 bits per heavy atom. The van der Waals surface area contributed by atoms with Crippen LogP contribution in [0, 0.1) is 17.0 Å². The molecule has 1 aromatic heterocycles. The van der Waals surface area contributed by atoms with E-state index in [1.54, 1.807) is 13.0 Å². The molecule has 0 saturated heterocycles. The zero-order valence-corrected chi connectivity index (χ0v) is 9.77. The van der Waals surface area contributed by atoms with E-state index in [1.165, 1.54) is 6.20 Å². The van der Waals surface area contributed by atoms with E-state index in [1.807, 2.05) is 13.8 Å². The highest BCUT2D eigenvalue weighted by atomic mass is 16.6. The summed E-state index contributed by atoms with van der Waals surface area (Å²) in [6.45, 7) is 5.77. The Labute approximate surface area is 94.6 Å². The number of rotatable bonds is 5. The Balaban J connectivity index is 3.00. The molecule has 5 nitrogen and oxygen atoms in total. The molecule has 0 amide bonds. The number of hydrogen-bond donors (Lipinski definition) is 0. The highest BCUT2D eigenvalue weighted by Crippen LogP contribution is 2.28. The molecule has 0 saturated carbocycles. The molecule has 5 heteroatoms. The highest BCUT2D eigenvalue weighted by Gasteiger charge is 2.18. The van der Waals surface area contributed by atoms with Crippen LogP contribution in [0.3, 0.4) is 0 Å². The smallest absolute Gasteiger partial charge is 0.329 e. The molecule has 1 heterocycles. The molecule has 88 valence electrons. The van der Waals surface area contributed by atoms with Gasteiger partial charge in [0, 0.05) is 11.8 Å².